The van der Waals surface area contributed by atoms with E-state index >= 15 is 0 Å². The summed E-state index contributed by atoms with van der Waals surface area (Å²) in [6.45, 7) is 2.34. The number of hydrogen-bond acceptors (Lipinski definition) is 3. The Kier molecular flexibility index (Phi) is 4.29. The zero-order valence-corrected chi connectivity index (χ0v) is 15.0. The van der Waals surface area contributed by atoms with Crippen LogP contribution in [0.2, 0.25) is 0 Å². The van der Waals surface area contributed by atoms with E-state index in [1.165, 1.54) is 61.3 Å². The van der Waals surface area contributed by atoms with Crippen LogP contribution in [0, 0.1) is 11.8 Å². The minimum Gasteiger partial charge on any atom is -0.384 e. The number of nitrogens with zero attached hydrogens (tertiary/aromatic N) is 2. The van der Waals surface area contributed by atoms with E-state index in [1.807, 2.05) is 0 Å². The lowest BCUT2D eigenvalue weighted by molar-refractivity contribution is 0.208. The number of aliphatic hydroxyl groups excluding tert-OH is 1. The smallest absolute Gasteiger partial charge is 0.0967 e. The van der Waals surface area contributed by atoms with Crippen LogP contribution in [-0.2, 0) is 0 Å². The number of aliphatic hydroxyl groups is 1. The van der Waals surface area contributed by atoms with E-state index in [2.05, 4.69) is 48.2 Å². The first-order valence-electron chi connectivity index (χ1n) is 9.55. The molecule has 2 aliphatic heterocycles. The minimum absolute atomic E-state index is 0.389. The fourth-order valence-corrected chi connectivity index (χ4v) is 5.00. The maximum atomic E-state index is 11.0. The van der Waals surface area contributed by atoms with E-state index in [1.54, 1.807) is 0 Å². The van der Waals surface area contributed by atoms with Crippen LogP contribution in [-0.4, -0.2) is 48.2 Å². The van der Waals surface area contributed by atoms with E-state index in [0.29, 0.717) is 11.8 Å². The molecule has 3 nitrogen and oxygen atoms in total. The predicted octanol–water partition coefficient (Wildman–Crippen LogP) is 3.46. The van der Waals surface area contributed by atoms with E-state index in [0.717, 1.165) is 12.8 Å². The molecule has 2 heterocycles. The lowest BCUT2D eigenvalue weighted by atomic mass is 9.78. The summed E-state index contributed by atoms with van der Waals surface area (Å²) >= 11 is 0. The summed E-state index contributed by atoms with van der Waals surface area (Å²) in [6.07, 6.45) is 15.6. The quantitative estimate of drug-likeness (QED) is 0.842. The molecule has 130 valence electrons. The molecule has 0 radical (unpaired) electrons. The summed E-state index contributed by atoms with van der Waals surface area (Å²) in [5, 5.41) is 11.0. The maximum absolute atomic E-state index is 11.0. The first-order valence-corrected chi connectivity index (χ1v) is 9.55. The lowest BCUT2D eigenvalue weighted by Crippen LogP contribution is -2.34. The van der Waals surface area contributed by atoms with Crippen molar-refractivity contribution in [3.8, 4) is 0 Å². The molecule has 4 rings (SSSR count). The molecule has 2 aliphatic carbocycles. The van der Waals surface area contributed by atoms with Crippen molar-refractivity contribution in [2.24, 2.45) is 11.8 Å². The number of piperidine rings is 2. The van der Waals surface area contributed by atoms with Gasteiger partial charge in [0, 0.05) is 50.4 Å². The van der Waals surface area contributed by atoms with Gasteiger partial charge in [-0.3, -0.25) is 0 Å². The van der Waals surface area contributed by atoms with Crippen molar-refractivity contribution in [3.05, 3.63) is 46.8 Å². The third kappa shape index (κ3) is 2.83. The van der Waals surface area contributed by atoms with Gasteiger partial charge in [-0.1, -0.05) is 12.2 Å². The van der Waals surface area contributed by atoms with Crippen LogP contribution in [0.1, 0.15) is 38.5 Å². The second-order valence-electron chi connectivity index (χ2n) is 8.00. The second-order valence-corrected chi connectivity index (χ2v) is 8.00. The lowest BCUT2D eigenvalue weighted by Gasteiger charge is -2.39. The summed E-state index contributed by atoms with van der Waals surface area (Å²) in [5.41, 5.74) is 5.36. The zero-order chi connectivity index (χ0) is 16.7. The molecule has 2 unspecified atom stereocenters. The van der Waals surface area contributed by atoms with Crippen LogP contribution in [0.5, 0.6) is 0 Å². The van der Waals surface area contributed by atoms with Gasteiger partial charge in [0.1, 0.15) is 0 Å². The van der Waals surface area contributed by atoms with Gasteiger partial charge in [-0.25, -0.2) is 0 Å². The topological polar surface area (TPSA) is 26.7 Å². The molecule has 3 heteroatoms. The Morgan fingerprint density at radius 1 is 0.833 bits per heavy atom. The average molecular weight is 326 g/mol. The Labute approximate surface area is 146 Å². The largest absolute Gasteiger partial charge is 0.384 e. The van der Waals surface area contributed by atoms with E-state index < -0.39 is 0 Å². The van der Waals surface area contributed by atoms with Crippen LogP contribution >= 0.6 is 0 Å². The molecule has 4 aliphatic rings. The maximum Gasteiger partial charge on any atom is 0.0967 e. The van der Waals surface area contributed by atoms with Gasteiger partial charge in [-0.15, -0.1) is 0 Å². The summed E-state index contributed by atoms with van der Waals surface area (Å²) < 4.78 is 0. The van der Waals surface area contributed by atoms with Crippen molar-refractivity contribution in [2.45, 2.75) is 44.6 Å². The number of allylic oxidation sites excluding steroid dienone is 6. The van der Waals surface area contributed by atoms with Crippen LogP contribution in [0.25, 0.3) is 0 Å². The van der Waals surface area contributed by atoms with Gasteiger partial charge in [0.05, 0.1) is 6.10 Å². The Hall–Kier alpha value is -1.48. The van der Waals surface area contributed by atoms with Crippen molar-refractivity contribution >= 4 is 0 Å². The monoisotopic (exact) mass is 326 g/mol. The Morgan fingerprint density at radius 3 is 1.75 bits per heavy atom. The van der Waals surface area contributed by atoms with Crippen LogP contribution in [0.3, 0.4) is 0 Å². The van der Waals surface area contributed by atoms with Crippen molar-refractivity contribution in [3.63, 3.8) is 0 Å². The fraction of sp³-hybridized carbons (Fsp3) is 0.619. The molecule has 0 saturated carbocycles. The molecule has 24 heavy (non-hydrogen) atoms. The third-order valence-corrected chi connectivity index (χ3v) is 6.41. The second kappa shape index (κ2) is 6.44. The average Bonchev–Trinajstić information content (AvgIpc) is 2.61. The molecular weight excluding hydrogens is 296 g/mol. The first kappa shape index (κ1) is 16.0. The zero-order valence-electron chi connectivity index (χ0n) is 15.0. The highest BCUT2D eigenvalue weighted by atomic mass is 16.3. The minimum atomic E-state index is -0.389. The summed E-state index contributed by atoms with van der Waals surface area (Å²) in [6, 6.07) is 0. The number of likely N-dealkylation sites (tertiary alicyclic amines) is 2. The number of hydrogen-bond donors (Lipinski definition) is 1. The van der Waals surface area contributed by atoms with E-state index in [-0.39, 0.29) is 6.10 Å². The highest BCUT2D eigenvalue weighted by Crippen LogP contribution is 2.40. The molecule has 0 bridgehead atoms. The van der Waals surface area contributed by atoms with Crippen LogP contribution in [0.15, 0.2) is 46.8 Å². The van der Waals surface area contributed by atoms with E-state index in [4.69, 9.17) is 0 Å². The molecule has 2 atom stereocenters. The van der Waals surface area contributed by atoms with Gasteiger partial charge in [0.15, 0.2) is 0 Å². The van der Waals surface area contributed by atoms with Gasteiger partial charge in [-0.05, 0) is 61.8 Å². The van der Waals surface area contributed by atoms with Crippen LogP contribution in [0.4, 0.5) is 0 Å². The molecule has 0 aromatic rings. The van der Waals surface area contributed by atoms with Crippen molar-refractivity contribution < 1.29 is 5.11 Å². The predicted molar refractivity (Wildman–Crippen MR) is 98.3 cm³/mol. The van der Waals surface area contributed by atoms with Gasteiger partial charge in [0.2, 0.25) is 0 Å². The third-order valence-electron chi connectivity index (χ3n) is 6.41. The highest BCUT2D eigenvalue weighted by molar-refractivity contribution is 5.37. The Balaban J connectivity index is 1.53. The van der Waals surface area contributed by atoms with Crippen LogP contribution < -0.4 is 0 Å². The van der Waals surface area contributed by atoms with Gasteiger partial charge in [0.25, 0.3) is 0 Å². The van der Waals surface area contributed by atoms with E-state index in [9.17, 15) is 5.11 Å². The molecular formula is C21H30N2O. The number of fused-ring (bicyclic) bond motifs is 2. The van der Waals surface area contributed by atoms with Crippen molar-refractivity contribution in [1.29, 1.82) is 0 Å². The standard InChI is InChI=1S/C21H30N2O/c1-22-11-3-5-15-13-17(7-9-19(15)22)21(24)18-8-10-20-16(14-18)6-4-12-23(20)2/h7-10,15-16,21,24H,3-6,11-14H2,1-2H3. The fourth-order valence-electron chi connectivity index (χ4n) is 5.00. The molecule has 2 fully saturated rings. The van der Waals surface area contributed by atoms with Gasteiger partial charge < -0.3 is 14.9 Å². The highest BCUT2D eigenvalue weighted by Gasteiger charge is 2.32. The summed E-state index contributed by atoms with van der Waals surface area (Å²) in [7, 11) is 4.39. The first-order chi connectivity index (χ1) is 11.6. The normalized spacial score (nSPS) is 31.3. The van der Waals surface area contributed by atoms with Crippen molar-refractivity contribution in [2.75, 3.05) is 27.2 Å². The molecule has 0 aromatic heterocycles. The van der Waals surface area contributed by atoms with Gasteiger partial charge >= 0.3 is 0 Å². The molecule has 0 aromatic carbocycles. The molecule has 2 saturated heterocycles. The Morgan fingerprint density at radius 2 is 1.29 bits per heavy atom. The summed E-state index contributed by atoms with van der Waals surface area (Å²) in [5.74, 6) is 1.21. The number of rotatable bonds is 2. The summed E-state index contributed by atoms with van der Waals surface area (Å²) in [4.78, 5) is 4.78. The van der Waals surface area contributed by atoms with Gasteiger partial charge in [-0.2, -0.15) is 0 Å². The Bertz CT molecular complexity index is 574. The molecule has 0 spiro atoms. The van der Waals surface area contributed by atoms with Crippen molar-refractivity contribution in [1.82, 2.24) is 9.80 Å². The molecule has 1 N–H and O–H groups in total. The SMILES string of the molecule is CN1CCCC2CC(C(O)C3=CC=C4C(CCCN4C)C3)=CC=C21. The molecule has 0 amide bonds.